The minimum Gasteiger partial charge on any atom is -0.365 e. The number of fused-ring (bicyclic) bond motifs is 5. The van der Waals surface area contributed by atoms with Crippen molar-refractivity contribution in [3.05, 3.63) is 12.2 Å². The highest BCUT2D eigenvalue weighted by molar-refractivity contribution is 7.84. The van der Waals surface area contributed by atoms with Gasteiger partial charge in [0, 0.05) is 19.3 Å². The van der Waals surface area contributed by atoms with Crippen LogP contribution < -0.4 is 16.0 Å². The van der Waals surface area contributed by atoms with E-state index in [9.17, 15) is 13.8 Å². The van der Waals surface area contributed by atoms with E-state index in [0.717, 1.165) is 25.7 Å². The highest BCUT2D eigenvalue weighted by Gasteiger charge is 2.53. The Balaban J connectivity index is 1.47. The maximum absolute atomic E-state index is 13.3. The van der Waals surface area contributed by atoms with Crippen molar-refractivity contribution in [3.63, 3.8) is 0 Å². The van der Waals surface area contributed by atoms with E-state index < -0.39 is 10.8 Å². The molecule has 2 amide bonds. The minimum absolute atomic E-state index is 0.0131. The van der Waals surface area contributed by atoms with Gasteiger partial charge in [0.05, 0.1) is 41.7 Å². The van der Waals surface area contributed by atoms with Gasteiger partial charge in [-0.3, -0.25) is 34.8 Å². The van der Waals surface area contributed by atoms with Gasteiger partial charge < -0.3 is 9.64 Å². The SMILES string of the molecule is CS(=O)C1NCC2C(=O)N3C/C=C\CCCN4C(=O)COC5CCC(NC54)N3C2N1. The lowest BCUT2D eigenvalue weighted by Crippen LogP contribution is -2.71. The molecule has 0 radical (unpaired) electrons. The van der Waals surface area contributed by atoms with Crippen molar-refractivity contribution in [2.45, 2.75) is 55.8 Å². The van der Waals surface area contributed by atoms with Crippen molar-refractivity contribution < 1.29 is 18.5 Å². The average molecular weight is 439 g/mol. The maximum atomic E-state index is 13.3. The van der Waals surface area contributed by atoms with E-state index in [1.807, 2.05) is 16.0 Å². The van der Waals surface area contributed by atoms with Crippen molar-refractivity contribution in [2.75, 3.05) is 32.5 Å². The first-order valence-corrected chi connectivity index (χ1v) is 12.4. The molecule has 5 aliphatic heterocycles. The van der Waals surface area contributed by atoms with Crippen molar-refractivity contribution in [1.82, 2.24) is 30.9 Å². The number of hydrogen-bond donors (Lipinski definition) is 3. The predicted molar refractivity (Wildman–Crippen MR) is 110 cm³/mol. The van der Waals surface area contributed by atoms with Crippen molar-refractivity contribution in [2.24, 2.45) is 5.92 Å². The van der Waals surface area contributed by atoms with E-state index >= 15 is 0 Å². The first kappa shape index (κ1) is 20.5. The van der Waals surface area contributed by atoms with Gasteiger partial charge in [-0.15, -0.1) is 0 Å². The number of carbonyl (C=O) groups excluding carboxylic acids is 2. The molecule has 3 N–H and O–H groups in total. The molecular weight excluding hydrogens is 408 g/mol. The monoisotopic (exact) mass is 438 g/mol. The molecule has 5 rings (SSSR count). The van der Waals surface area contributed by atoms with Gasteiger partial charge in [-0.05, 0) is 25.7 Å². The molecular formula is C19H30N6O4S. The number of allylic oxidation sites excluding steroid dienone is 1. The Labute approximate surface area is 178 Å². The van der Waals surface area contributed by atoms with E-state index in [4.69, 9.17) is 4.74 Å². The lowest BCUT2D eigenvalue weighted by atomic mass is 9.99. The molecule has 5 aliphatic rings. The summed E-state index contributed by atoms with van der Waals surface area (Å²) >= 11 is 0. The van der Waals surface area contributed by atoms with Gasteiger partial charge >= 0.3 is 0 Å². The molecule has 0 aliphatic carbocycles. The molecule has 4 fully saturated rings. The fourth-order valence-corrected chi connectivity index (χ4v) is 5.93. The molecule has 10 nitrogen and oxygen atoms in total. The van der Waals surface area contributed by atoms with Crippen LogP contribution in [0.3, 0.4) is 0 Å². The molecule has 30 heavy (non-hydrogen) atoms. The van der Waals surface area contributed by atoms with Crippen LogP contribution in [-0.4, -0.2) is 93.5 Å². The molecule has 11 heteroatoms. The molecule has 5 heterocycles. The number of rotatable bonds is 1. The van der Waals surface area contributed by atoms with E-state index in [-0.39, 0.29) is 54.4 Å². The van der Waals surface area contributed by atoms with Crippen LogP contribution in [0.15, 0.2) is 12.2 Å². The van der Waals surface area contributed by atoms with Gasteiger partial charge in [0.1, 0.15) is 18.3 Å². The zero-order valence-electron chi connectivity index (χ0n) is 17.2. The third-order valence-electron chi connectivity index (χ3n) is 6.74. The first-order chi connectivity index (χ1) is 14.5. The second-order valence-electron chi connectivity index (χ2n) is 8.56. The molecule has 4 saturated heterocycles. The van der Waals surface area contributed by atoms with Crippen LogP contribution in [0.1, 0.15) is 25.7 Å². The Bertz CT molecular complexity index is 765. The summed E-state index contributed by atoms with van der Waals surface area (Å²) in [4.78, 5) is 27.7. The van der Waals surface area contributed by atoms with Gasteiger partial charge in [0.25, 0.3) is 0 Å². The average Bonchev–Trinajstić information content (AvgIpc) is 3.01. The lowest BCUT2D eigenvalue weighted by Gasteiger charge is -2.50. The smallest absolute Gasteiger partial charge is 0.249 e. The molecule has 2 bridgehead atoms. The second kappa shape index (κ2) is 8.29. The molecule has 0 saturated carbocycles. The van der Waals surface area contributed by atoms with Crippen LogP contribution in [0.5, 0.6) is 0 Å². The van der Waals surface area contributed by atoms with Crippen LogP contribution in [0.25, 0.3) is 0 Å². The summed E-state index contributed by atoms with van der Waals surface area (Å²) in [5, 5.41) is 14.1. The van der Waals surface area contributed by atoms with Gasteiger partial charge in [-0.1, -0.05) is 12.2 Å². The van der Waals surface area contributed by atoms with Crippen LogP contribution in [0.2, 0.25) is 0 Å². The third-order valence-corrected chi connectivity index (χ3v) is 7.71. The number of nitrogens with zero attached hydrogens (tertiary/aromatic N) is 3. The summed E-state index contributed by atoms with van der Waals surface area (Å²) < 4.78 is 17.9. The zero-order chi connectivity index (χ0) is 20.8. The van der Waals surface area contributed by atoms with Gasteiger partial charge in [-0.25, -0.2) is 0 Å². The number of morpholine rings is 1. The number of amides is 2. The summed E-state index contributed by atoms with van der Waals surface area (Å²) in [6.45, 7) is 1.84. The van der Waals surface area contributed by atoms with E-state index in [1.54, 1.807) is 6.26 Å². The summed E-state index contributed by atoms with van der Waals surface area (Å²) in [5.41, 5.74) is -0.358. The molecule has 166 valence electrons. The second-order valence-corrected chi connectivity index (χ2v) is 10.0. The minimum atomic E-state index is -1.10. The Kier molecular flexibility index (Phi) is 5.67. The highest BCUT2D eigenvalue weighted by atomic mass is 32.2. The number of hydrogen-bond acceptors (Lipinski definition) is 8. The van der Waals surface area contributed by atoms with Crippen LogP contribution in [0, 0.1) is 5.92 Å². The van der Waals surface area contributed by atoms with Crippen LogP contribution >= 0.6 is 0 Å². The van der Waals surface area contributed by atoms with E-state index in [0.29, 0.717) is 19.6 Å². The largest absolute Gasteiger partial charge is 0.365 e. The fourth-order valence-electron chi connectivity index (χ4n) is 5.27. The van der Waals surface area contributed by atoms with Gasteiger partial charge in [0.2, 0.25) is 11.8 Å². The topological polar surface area (TPSA) is 106 Å². The first-order valence-electron chi connectivity index (χ1n) is 10.8. The van der Waals surface area contributed by atoms with E-state index in [2.05, 4.69) is 27.0 Å². The number of piperidine rings is 1. The molecule has 7 atom stereocenters. The van der Waals surface area contributed by atoms with Gasteiger partial charge in [0.15, 0.2) is 0 Å². The highest BCUT2D eigenvalue weighted by Crippen LogP contribution is 2.33. The summed E-state index contributed by atoms with van der Waals surface area (Å²) in [7, 11) is -1.10. The summed E-state index contributed by atoms with van der Waals surface area (Å²) in [6, 6.07) is 0. The molecule has 7 unspecified atom stereocenters. The normalized spacial score (nSPS) is 42.0. The quantitative estimate of drug-likeness (QED) is 0.423. The predicted octanol–water partition coefficient (Wildman–Crippen LogP) is -1.54. The Hall–Kier alpha value is -1.37. The van der Waals surface area contributed by atoms with Crippen LogP contribution in [-0.2, 0) is 25.1 Å². The lowest BCUT2D eigenvalue weighted by molar-refractivity contribution is -0.176. The maximum Gasteiger partial charge on any atom is 0.249 e. The van der Waals surface area contributed by atoms with Crippen molar-refractivity contribution >= 4 is 22.6 Å². The van der Waals surface area contributed by atoms with Crippen molar-refractivity contribution in [3.8, 4) is 0 Å². The number of carbonyl (C=O) groups is 2. The molecule has 0 aromatic rings. The molecule has 0 aromatic carbocycles. The summed E-state index contributed by atoms with van der Waals surface area (Å²) in [5.74, 6) is -0.166. The summed E-state index contributed by atoms with van der Waals surface area (Å²) in [6.07, 6.45) is 8.57. The number of nitrogens with one attached hydrogen (secondary N) is 3. The Morgan fingerprint density at radius 1 is 1.17 bits per heavy atom. The molecule has 0 aromatic heterocycles. The number of ether oxygens (including phenoxy) is 1. The number of hydrazine groups is 1. The fraction of sp³-hybridized carbons (Fsp3) is 0.789. The standard InChI is InChI=1S/C19H30N6O4S/c1-30(28)19-20-10-12-16(22-19)25-14-7-6-13-17(21-14)23(15(26)11-29-13)8-4-2-3-5-9-24(25)18(12)27/h3,5,12-14,16-17,19-22H,2,4,6-11H2,1H3/b5-3-. The Morgan fingerprint density at radius 2 is 2.03 bits per heavy atom. The van der Waals surface area contributed by atoms with E-state index in [1.165, 1.54) is 0 Å². The van der Waals surface area contributed by atoms with Crippen molar-refractivity contribution in [1.29, 1.82) is 0 Å². The molecule has 0 spiro atoms. The van der Waals surface area contributed by atoms with Crippen LogP contribution in [0.4, 0.5) is 0 Å². The third kappa shape index (κ3) is 3.51. The Morgan fingerprint density at radius 3 is 2.87 bits per heavy atom. The van der Waals surface area contributed by atoms with Gasteiger partial charge in [-0.2, -0.15) is 5.01 Å². The zero-order valence-corrected chi connectivity index (χ0v) is 18.0.